The number of rotatable bonds is 2. The van der Waals surface area contributed by atoms with Crippen LogP contribution in [0.15, 0.2) is 29.0 Å². The number of hydrogen-bond donors (Lipinski definition) is 2. The van der Waals surface area contributed by atoms with Gasteiger partial charge in [0, 0.05) is 16.6 Å². The van der Waals surface area contributed by atoms with Crippen molar-refractivity contribution in [3.63, 3.8) is 0 Å². The molecule has 1 heterocycles. The predicted molar refractivity (Wildman–Crippen MR) is 84.1 cm³/mol. The summed E-state index contributed by atoms with van der Waals surface area (Å²) in [6.45, 7) is 4.24. The molecule has 0 radical (unpaired) electrons. The van der Waals surface area contributed by atoms with E-state index in [-0.39, 0.29) is 5.91 Å². The van der Waals surface area contributed by atoms with E-state index in [1.165, 1.54) is 11.3 Å². The van der Waals surface area contributed by atoms with Crippen molar-refractivity contribution in [2.45, 2.75) is 13.8 Å². The van der Waals surface area contributed by atoms with Crippen molar-refractivity contribution >= 4 is 22.9 Å². The van der Waals surface area contributed by atoms with Crippen LogP contribution in [0.25, 0.3) is 0 Å². The van der Waals surface area contributed by atoms with E-state index in [4.69, 9.17) is 5.73 Å². The lowest BCUT2D eigenvalue weighted by Gasteiger charge is -2.07. The SMILES string of the molecule is Cc1cc(NC(=O)c2cscc2C)ccc1C#CCN. The highest BCUT2D eigenvalue weighted by atomic mass is 32.1. The van der Waals surface area contributed by atoms with Crippen LogP contribution in [0.5, 0.6) is 0 Å². The molecule has 2 rings (SSSR count). The van der Waals surface area contributed by atoms with Crippen molar-refractivity contribution in [1.29, 1.82) is 0 Å². The number of amides is 1. The van der Waals surface area contributed by atoms with E-state index in [9.17, 15) is 4.79 Å². The zero-order valence-corrected chi connectivity index (χ0v) is 12.3. The van der Waals surface area contributed by atoms with Crippen LogP contribution in [-0.4, -0.2) is 12.5 Å². The van der Waals surface area contributed by atoms with E-state index in [0.29, 0.717) is 6.54 Å². The third-order valence-corrected chi connectivity index (χ3v) is 3.77. The minimum atomic E-state index is -0.0797. The Labute approximate surface area is 122 Å². The Bertz CT molecular complexity index is 692. The molecule has 0 saturated heterocycles. The first-order valence-corrected chi connectivity index (χ1v) is 7.20. The van der Waals surface area contributed by atoms with E-state index in [0.717, 1.165) is 27.9 Å². The van der Waals surface area contributed by atoms with Crippen LogP contribution in [0, 0.1) is 25.7 Å². The Morgan fingerprint density at radius 2 is 2.10 bits per heavy atom. The molecule has 3 nitrogen and oxygen atoms in total. The molecule has 0 aliphatic heterocycles. The number of thiophene rings is 1. The Hall–Kier alpha value is -2.09. The minimum Gasteiger partial charge on any atom is -0.322 e. The summed E-state index contributed by atoms with van der Waals surface area (Å²) in [5.41, 5.74) is 9.80. The number of benzene rings is 1. The van der Waals surface area contributed by atoms with Crippen molar-refractivity contribution in [3.8, 4) is 11.8 Å². The van der Waals surface area contributed by atoms with Crippen LogP contribution in [0.3, 0.4) is 0 Å². The topological polar surface area (TPSA) is 55.1 Å². The Balaban J connectivity index is 2.17. The second-order valence-corrected chi connectivity index (χ2v) is 5.20. The number of aryl methyl sites for hydroxylation is 2. The molecule has 1 aromatic heterocycles. The smallest absolute Gasteiger partial charge is 0.256 e. The molecule has 1 amide bonds. The van der Waals surface area contributed by atoms with E-state index in [1.807, 2.05) is 42.8 Å². The van der Waals surface area contributed by atoms with Gasteiger partial charge in [0.05, 0.1) is 12.1 Å². The van der Waals surface area contributed by atoms with Gasteiger partial charge >= 0.3 is 0 Å². The average Bonchev–Trinajstić information content (AvgIpc) is 2.84. The lowest BCUT2D eigenvalue weighted by Crippen LogP contribution is -2.12. The molecule has 0 unspecified atom stereocenters. The zero-order valence-electron chi connectivity index (χ0n) is 11.5. The quantitative estimate of drug-likeness (QED) is 0.833. The second-order valence-electron chi connectivity index (χ2n) is 4.46. The van der Waals surface area contributed by atoms with Crippen molar-refractivity contribution in [1.82, 2.24) is 0 Å². The molecule has 0 fully saturated rings. The molecule has 102 valence electrons. The van der Waals surface area contributed by atoms with E-state index in [1.54, 1.807) is 0 Å². The summed E-state index contributed by atoms with van der Waals surface area (Å²) in [5.74, 6) is 5.75. The molecule has 0 aliphatic carbocycles. The summed E-state index contributed by atoms with van der Waals surface area (Å²) in [4.78, 5) is 12.1. The first kappa shape index (κ1) is 14.3. The van der Waals surface area contributed by atoms with E-state index < -0.39 is 0 Å². The van der Waals surface area contributed by atoms with Crippen molar-refractivity contribution in [2.75, 3.05) is 11.9 Å². The summed E-state index contributed by atoms with van der Waals surface area (Å²) in [6, 6.07) is 5.67. The van der Waals surface area contributed by atoms with Crippen LogP contribution in [0.2, 0.25) is 0 Å². The van der Waals surface area contributed by atoms with E-state index in [2.05, 4.69) is 17.2 Å². The highest BCUT2D eigenvalue weighted by Crippen LogP contribution is 2.18. The minimum absolute atomic E-state index is 0.0797. The number of carbonyl (C=O) groups is 1. The lowest BCUT2D eigenvalue weighted by molar-refractivity contribution is 0.102. The normalized spacial score (nSPS) is 9.75. The number of carbonyl (C=O) groups excluding carboxylic acids is 1. The first-order valence-electron chi connectivity index (χ1n) is 6.25. The average molecular weight is 284 g/mol. The van der Waals surface area contributed by atoms with Gasteiger partial charge in [-0.25, -0.2) is 0 Å². The molecule has 0 spiro atoms. The van der Waals surface area contributed by atoms with E-state index >= 15 is 0 Å². The molecular weight excluding hydrogens is 268 g/mol. The van der Waals surface area contributed by atoms with Gasteiger partial charge in [-0.05, 0) is 48.6 Å². The predicted octanol–water partition coefficient (Wildman–Crippen LogP) is 2.93. The van der Waals surface area contributed by atoms with Gasteiger partial charge in [0.25, 0.3) is 5.91 Å². The highest BCUT2D eigenvalue weighted by molar-refractivity contribution is 7.08. The number of hydrogen-bond acceptors (Lipinski definition) is 3. The molecule has 0 aliphatic rings. The van der Waals surface area contributed by atoms with Gasteiger partial charge in [-0.1, -0.05) is 11.8 Å². The molecule has 1 aromatic carbocycles. The molecule has 20 heavy (non-hydrogen) atoms. The number of nitrogens with two attached hydrogens (primary N) is 1. The van der Waals surface area contributed by atoms with Crippen LogP contribution >= 0.6 is 11.3 Å². The lowest BCUT2D eigenvalue weighted by atomic mass is 10.1. The Morgan fingerprint density at radius 3 is 2.70 bits per heavy atom. The van der Waals surface area contributed by atoms with Crippen LogP contribution in [0.1, 0.15) is 27.0 Å². The third kappa shape index (κ3) is 3.27. The maximum atomic E-state index is 12.1. The zero-order chi connectivity index (χ0) is 14.5. The largest absolute Gasteiger partial charge is 0.322 e. The fourth-order valence-corrected chi connectivity index (χ4v) is 2.65. The van der Waals surface area contributed by atoms with Crippen LogP contribution in [0.4, 0.5) is 5.69 Å². The number of nitrogens with one attached hydrogen (secondary N) is 1. The molecular formula is C16H16N2OS. The molecule has 4 heteroatoms. The second kappa shape index (κ2) is 6.38. The van der Waals surface area contributed by atoms with Gasteiger partial charge in [0.2, 0.25) is 0 Å². The van der Waals surface area contributed by atoms with Gasteiger partial charge in [-0.2, -0.15) is 11.3 Å². The highest BCUT2D eigenvalue weighted by Gasteiger charge is 2.10. The van der Waals surface area contributed by atoms with Gasteiger partial charge in [-0.3, -0.25) is 4.79 Å². The fourth-order valence-electron chi connectivity index (χ4n) is 1.82. The molecule has 2 aromatic rings. The maximum Gasteiger partial charge on any atom is 0.256 e. The first-order chi connectivity index (χ1) is 9.61. The summed E-state index contributed by atoms with van der Waals surface area (Å²) in [6.07, 6.45) is 0. The summed E-state index contributed by atoms with van der Waals surface area (Å²) in [7, 11) is 0. The Kier molecular flexibility index (Phi) is 4.57. The van der Waals surface area contributed by atoms with Crippen molar-refractivity contribution in [3.05, 3.63) is 51.2 Å². The van der Waals surface area contributed by atoms with Gasteiger partial charge in [0.1, 0.15) is 0 Å². The molecule has 0 bridgehead atoms. The fraction of sp³-hybridized carbons (Fsp3) is 0.188. The summed E-state index contributed by atoms with van der Waals surface area (Å²) >= 11 is 1.53. The van der Waals surface area contributed by atoms with Crippen molar-refractivity contribution in [2.24, 2.45) is 5.73 Å². The van der Waals surface area contributed by atoms with Gasteiger partial charge < -0.3 is 11.1 Å². The molecule has 0 saturated carbocycles. The monoisotopic (exact) mass is 284 g/mol. The summed E-state index contributed by atoms with van der Waals surface area (Å²) in [5, 5.41) is 6.73. The summed E-state index contributed by atoms with van der Waals surface area (Å²) < 4.78 is 0. The van der Waals surface area contributed by atoms with Crippen LogP contribution < -0.4 is 11.1 Å². The Morgan fingerprint density at radius 1 is 1.30 bits per heavy atom. The van der Waals surface area contributed by atoms with Gasteiger partial charge in [-0.15, -0.1) is 0 Å². The molecule has 0 atom stereocenters. The number of anilines is 1. The van der Waals surface area contributed by atoms with Crippen LogP contribution in [-0.2, 0) is 0 Å². The standard InChI is InChI=1S/C16H16N2OS/c1-11-8-14(6-5-13(11)4-3-7-17)18-16(19)15-10-20-9-12(15)2/h5-6,8-10H,7,17H2,1-2H3,(H,18,19). The van der Waals surface area contributed by atoms with Gasteiger partial charge in [0.15, 0.2) is 0 Å². The maximum absolute atomic E-state index is 12.1. The third-order valence-electron chi connectivity index (χ3n) is 2.91. The van der Waals surface area contributed by atoms with Crippen molar-refractivity contribution < 1.29 is 4.79 Å². The molecule has 3 N–H and O–H groups in total.